The molecule has 1 aliphatic rings. The van der Waals surface area contributed by atoms with Gasteiger partial charge >= 0.3 is 6.09 Å². The summed E-state index contributed by atoms with van der Waals surface area (Å²) in [5.41, 5.74) is 3.37. The van der Waals surface area contributed by atoms with Gasteiger partial charge < -0.3 is 9.64 Å². The number of methoxy groups -OCH3 is 1. The fourth-order valence-electron chi connectivity index (χ4n) is 2.88. The van der Waals surface area contributed by atoms with Gasteiger partial charge in [-0.2, -0.15) is 0 Å². The molecule has 0 bridgehead atoms. The smallest absolute Gasteiger partial charge is 0.411 e. The van der Waals surface area contributed by atoms with Crippen molar-refractivity contribution in [3.8, 4) is 0 Å². The summed E-state index contributed by atoms with van der Waals surface area (Å²) < 4.78 is 4.61. The third kappa shape index (κ3) is 3.88. The molecule has 2 aromatic carbocycles. The van der Waals surface area contributed by atoms with E-state index in [0.29, 0.717) is 24.3 Å². The number of carbonyl (C=O) groups excluding carboxylic acids is 2. The van der Waals surface area contributed by atoms with Gasteiger partial charge in [-0.05, 0) is 29.7 Å². The van der Waals surface area contributed by atoms with Gasteiger partial charge in [0, 0.05) is 13.1 Å². The van der Waals surface area contributed by atoms with Crippen molar-refractivity contribution in [2.45, 2.75) is 6.42 Å². The van der Waals surface area contributed by atoms with E-state index in [2.05, 4.69) is 28.3 Å². The molecule has 0 saturated heterocycles. The summed E-state index contributed by atoms with van der Waals surface area (Å²) in [6, 6.07) is 17.1. The number of rotatable bonds is 3. The van der Waals surface area contributed by atoms with Crippen LogP contribution in [-0.2, 0) is 4.74 Å². The number of para-hydroxylation sites is 1. The van der Waals surface area contributed by atoms with Gasteiger partial charge in [-0.25, -0.2) is 4.79 Å². The Morgan fingerprint density at radius 1 is 1.04 bits per heavy atom. The second-order valence-corrected chi connectivity index (χ2v) is 5.76. The van der Waals surface area contributed by atoms with Crippen molar-refractivity contribution >= 4 is 23.3 Å². The third-order valence-corrected chi connectivity index (χ3v) is 4.22. The van der Waals surface area contributed by atoms with Crippen LogP contribution in [0.1, 0.15) is 22.3 Å². The highest BCUT2D eigenvalue weighted by atomic mass is 16.5. The Balaban J connectivity index is 1.75. The van der Waals surface area contributed by atoms with Crippen LogP contribution in [0.2, 0.25) is 0 Å². The van der Waals surface area contributed by atoms with Crippen LogP contribution in [0.4, 0.5) is 10.5 Å². The van der Waals surface area contributed by atoms with Crippen LogP contribution in [0.5, 0.6) is 0 Å². The van der Waals surface area contributed by atoms with E-state index in [1.165, 1.54) is 18.2 Å². The first kappa shape index (κ1) is 16.8. The monoisotopic (exact) mass is 336 g/mol. The van der Waals surface area contributed by atoms with Crippen LogP contribution < -0.4 is 5.32 Å². The summed E-state index contributed by atoms with van der Waals surface area (Å²) >= 11 is 0. The maximum absolute atomic E-state index is 12.8. The molecule has 2 aromatic rings. The van der Waals surface area contributed by atoms with Crippen LogP contribution in [0.3, 0.4) is 0 Å². The van der Waals surface area contributed by atoms with Gasteiger partial charge in [0.25, 0.3) is 5.91 Å². The average molecular weight is 336 g/mol. The first-order chi connectivity index (χ1) is 12.2. The second-order valence-electron chi connectivity index (χ2n) is 5.76. The number of carbonyl (C=O) groups is 2. The lowest BCUT2D eigenvalue weighted by atomic mass is 9.99. The molecule has 3 rings (SSSR count). The van der Waals surface area contributed by atoms with Crippen molar-refractivity contribution in [3.05, 3.63) is 71.8 Å². The van der Waals surface area contributed by atoms with Crippen molar-refractivity contribution < 1.29 is 14.3 Å². The Morgan fingerprint density at radius 3 is 2.44 bits per heavy atom. The summed E-state index contributed by atoms with van der Waals surface area (Å²) in [4.78, 5) is 26.1. The first-order valence-electron chi connectivity index (χ1n) is 8.17. The molecule has 5 heteroatoms. The number of ether oxygens (including phenoxy) is 1. The van der Waals surface area contributed by atoms with Gasteiger partial charge in [0.05, 0.1) is 18.4 Å². The molecule has 5 nitrogen and oxygen atoms in total. The van der Waals surface area contributed by atoms with Crippen LogP contribution in [-0.4, -0.2) is 37.1 Å². The number of amides is 2. The molecule has 0 radical (unpaired) electrons. The van der Waals surface area contributed by atoms with E-state index in [0.717, 1.165) is 6.42 Å². The number of nitrogens with zero attached hydrogens (tertiary/aromatic N) is 1. The summed E-state index contributed by atoms with van der Waals surface area (Å²) in [6.07, 6.45) is 2.31. The maximum atomic E-state index is 12.8. The standard InChI is InChI=1S/C20H20N2O3/c1-25-20(24)21-18-10-6-5-9-17(18)19(23)22-13-11-16(12-14-22)15-7-3-2-4-8-15/h2-11H,12-14H2,1H3,(H,21,24). The summed E-state index contributed by atoms with van der Waals surface area (Å²) in [5.74, 6) is -0.102. The molecule has 1 heterocycles. The fraction of sp³-hybridized carbons (Fsp3) is 0.200. The molecule has 25 heavy (non-hydrogen) atoms. The lowest BCUT2D eigenvalue weighted by Crippen LogP contribution is -2.35. The van der Waals surface area contributed by atoms with Gasteiger partial charge in [0.2, 0.25) is 0 Å². The molecule has 0 aliphatic carbocycles. The number of benzene rings is 2. The molecule has 2 amide bonds. The van der Waals surface area contributed by atoms with Gasteiger partial charge in [0.1, 0.15) is 0 Å². The van der Waals surface area contributed by atoms with Crippen LogP contribution in [0.15, 0.2) is 60.7 Å². The molecular weight excluding hydrogens is 316 g/mol. The second kappa shape index (κ2) is 7.66. The summed E-state index contributed by atoms with van der Waals surface area (Å²) in [7, 11) is 1.29. The molecular formula is C20H20N2O3. The zero-order valence-electron chi connectivity index (χ0n) is 14.1. The SMILES string of the molecule is COC(=O)Nc1ccccc1C(=O)N1CC=C(c2ccccc2)CC1. The Hall–Kier alpha value is -3.08. The van der Waals surface area contributed by atoms with E-state index < -0.39 is 6.09 Å². The van der Waals surface area contributed by atoms with Crippen LogP contribution in [0.25, 0.3) is 5.57 Å². The zero-order chi connectivity index (χ0) is 17.6. The molecule has 0 fully saturated rings. The molecule has 1 aliphatic heterocycles. The lowest BCUT2D eigenvalue weighted by Gasteiger charge is -2.27. The molecule has 0 atom stereocenters. The van der Waals surface area contributed by atoms with Crippen molar-refractivity contribution in [2.75, 3.05) is 25.5 Å². The predicted octanol–water partition coefficient (Wildman–Crippen LogP) is 3.79. The van der Waals surface area contributed by atoms with Crippen LogP contribution in [0, 0.1) is 0 Å². The fourth-order valence-corrected chi connectivity index (χ4v) is 2.88. The quantitative estimate of drug-likeness (QED) is 0.927. The van der Waals surface area contributed by atoms with E-state index in [1.807, 2.05) is 18.2 Å². The van der Waals surface area contributed by atoms with Gasteiger partial charge in [-0.3, -0.25) is 10.1 Å². The van der Waals surface area contributed by atoms with E-state index in [4.69, 9.17) is 0 Å². The van der Waals surface area contributed by atoms with Gasteiger partial charge in [-0.1, -0.05) is 48.5 Å². The number of hydrogen-bond acceptors (Lipinski definition) is 3. The Kier molecular flexibility index (Phi) is 5.14. The number of nitrogens with one attached hydrogen (secondary N) is 1. The van der Waals surface area contributed by atoms with Crippen molar-refractivity contribution in [1.29, 1.82) is 0 Å². The molecule has 0 aromatic heterocycles. The predicted molar refractivity (Wildman–Crippen MR) is 97.4 cm³/mol. The summed E-state index contributed by atoms with van der Waals surface area (Å²) in [6.45, 7) is 1.20. The highest BCUT2D eigenvalue weighted by Gasteiger charge is 2.22. The molecule has 0 spiro atoms. The molecule has 1 N–H and O–H groups in total. The third-order valence-electron chi connectivity index (χ3n) is 4.22. The lowest BCUT2D eigenvalue weighted by molar-refractivity contribution is 0.0774. The highest BCUT2D eigenvalue weighted by Crippen LogP contribution is 2.24. The van der Waals surface area contributed by atoms with E-state index in [-0.39, 0.29) is 5.91 Å². The van der Waals surface area contributed by atoms with Crippen LogP contribution >= 0.6 is 0 Å². The highest BCUT2D eigenvalue weighted by molar-refractivity contribution is 6.02. The Labute approximate surface area is 146 Å². The topological polar surface area (TPSA) is 58.6 Å². The minimum Gasteiger partial charge on any atom is -0.453 e. The molecule has 0 unspecified atom stereocenters. The molecule has 128 valence electrons. The largest absolute Gasteiger partial charge is 0.453 e. The average Bonchev–Trinajstić information content (AvgIpc) is 2.68. The Bertz CT molecular complexity index is 800. The molecule has 0 saturated carbocycles. The number of anilines is 1. The Morgan fingerprint density at radius 2 is 1.76 bits per heavy atom. The van der Waals surface area contributed by atoms with Crippen molar-refractivity contribution in [2.24, 2.45) is 0 Å². The van der Waals surface area contributed by atoms with E-state index in [1.54, 1.807) is 29.2 Å². The minimum atomic E-state index is -0.592. The maximum Gasteiger partial charge on any atom is 0.411 e. The zero-order valence-corrected chi connectivity index (χ0v) is 14.1. The van der Waals surface area contributed by atoms with Gasteiger partial charge in [-0.15, -0.1) is 0 Å². The normalized spacial score (nSPS) is 13.8. The first-order valence-corrected chi connectivity index (χ1v) is 8.17. The van der Waals surface area contributed by atoms with Crippen molar-refractivity contribution in [3.63, 3.8) is 0 Å². The van der Waals surface area contributed by atoms with E-state index >= 15 is 0 Å². The summed E-state index contributed by atoms with van der Waals surface area (Å²) in [5, 5.41) is 2.59. The van der Waals surface area contributed by atoms with Gasteiger partial charge in [0.15, 0.2) is 0 Å². The van der Waals surface area contributed by atoms with E-state index in [9.17, 15) is 9.59 Å². The minimum absolute atomic E-state index is 0.102. The van der Waals surface area contributed by atoms with Crippen molar-refractivity contribution in [1.82, 2.24) is 4.90 Å². The number of hydrogen-bond donors (Lipinski definition) is 1.